The van der Waals surface area contributed by atoms with E-state index in [-0.39, 0.29) is 18.9 Å². The van der Waals surface area contributed by atoms with E-state index in [4.69, 9.17) is 9.84 Å². The largest absolute Gasteiger partial charge is 0.481 e. The monoisotopic (exact) mass is 284 g/mol. The molecule has 0 aliphatic heterocycles. The quantitative estimate of drug-likeness (QED) is 0.727. The summed E-state index contributed by atoms with van der Waals surface area (Å²) in [5.74, 6) is -1.25. The highest BCUT2D eigenvalue weighted by atomic mass is 32.2. The molecule has 0 fully saturated rings. The number of ether oxygens (including phenoxy) is 1. The highest BCUT2D eigenvalue weighted by Crippen LogP contribution is 2.16. The molecular weight excluding hydrogens is 268 g/mol. The number of pyridine rings is 1. The summed E-state index contributed by atoms with van der Waals surface area (Å²) >= 11 is 1.38. The van der Waals surface area contributed by atoms with Crippen molar-refractivity contribution >= 4 is 23.6 Å². The van der Waals surface area contributed by atoms with Gasteiger partial charge < -0.3 is 15.2 Å². The number of carbonyl (C=O) groups excluding carboxylic acids is 1. The van der Waals surface area contributed by atoms with E-state index in [2.05, 4.69) is 10.3 Å². The zero-order valence-electron chi connectivity index (χ0n) is 10.8. The fraction of sp³-hybridized carbons (Fsp3) is 0.417. The average molecular weight is 284 g/mol. The van der Waals surface area contributed by atoms with Crippen LogP contribution in [0.5, 0.6) is 0 Å². The number of amides is 1. The second-order valence-electron chi connectivity index (χ2n) is 3.73. The lowest BCUT2D eigenvalue weighted by atomic mass is 10.2. The summed E-state index contributed by atoms with van der Waals surface area (Å²) in [7, 11) is 1.41. The molecule has 104 valence electrons. The summed E-state index contributed by atoms with van der Waals surface area (Å²) in [5, 5.41) is 12.0. The van der Waals surface area contributed by atoms with Crippen LogP contribution in [0.15, 0.2) is 23.4 Å². The fourth-order valence-corrected chi connectivity index (χ4v) is 2.01. The normalized spacial score (nSPS) is 11.9. The van der Waals surface area contributed by atoms with Crippen molar-refractivity contribution in [1.29, 1.82) is 0 Å². The minimum atomic E-state index is -0.965. The zero-order chi connectivity index (χ0) is 14.3. The van der Waals surface area contributed by atoms with Crippen molar-refractivity contribution in [3.63, 3.8) is 0 Å². The number of carboxylic acid groups (broad SMARTS) is 1. The molecule has 0 saturated heterocycles. The molecule has 1 unspecified atom stereocenters. The van der Waals surface area contributed by atoms with E-state index in [0.717, 1.165) is 0 Å². The van der Waals surface area contributed by atoms with Crippen LogP contribution in [0.2, 0.25) is 0 Å². The molecule has 1 rings (SSSR count). The molecule has 0 aromatic carbocycles. The molecule has 0 bridgehead atoms. The van der Waals surface area contributed by atoms with Gasteiger partial charge >= 0.3 is 5.97 Å². The van der Waals surface area contributed by atoms with Crippen molar-refractivity contribution in [2.24, 2.45) is 0 Å². The van der Waals surface area contributed by atoms with Crippen molar-refractivity contribution in [1.82, 2.24) is 10.3 Å². The Bertz CT molecular complexity index is 453. The Labute approximate surface area is 115 Å². The smallest absolute Gasteiger partial charge is 0.306 e. The number of aromatic nitrogens is 1. The molecule has 7 heteroatoms. The van der Waals surface area contributed by atoms with Crippen LogP contribution >= 0.6 is 11.8 Å². The summed E-state index contributed by atoms with van der Waals surface area (Å²) in [6.45, 7) is 0.143. The molecular formula is C12H16N2O4S. The van der Waals surface area contributed by atoms with Crippen molar-refractivity contribution < 1.29 is 19.4 Å². The molecule has 1 amide bonds. The van der Waals surface area contributed by atoms with Crippen LogP contribution in [0.4, 0.5) is 0 Å². The van der Waals surface area contributed by atoms with Gasteiger partial charge in [-0.15, -0.1) is 11.8 Å². The number of hydrogen-bond acceptors (Lipinski definition) is 5. The molecule has 19 heavy (non-hydrogen) atoms. The third kappa shape index (κ3) is 4.88. The van der Waals surface area contributed by atoms with Gasteiger partial charge in [-0.2, -0.15) is 0 Å². The van der Waals surface area contributed by atoms with Gasteiger partial charge in [-0.25, -0.2) is 4.98 Å². The lowest BCUT2D eigenvalue weighted by Gasteiger charge is -2.14. The van der Waals surface area contributed by atoms with E-state index in [1.807, 2.05) is 6.26 Å². The zero-order valence-corrected chi connectivity index (χ0v) is 11.6. The summed E-state index contributed by atoms with van der Waals surface area (Å²) in [5.41, 5.74) is 0.472. The minimum Gasteiger partial charge on any atom is -0.481 e. The number of nitrogens with one attached hydrogen (secondary N) is 1. The molecule has 2 N–H and O–H groups in total. The lowest BCUT2D eigenvalue weighted by Crippen LogP contribution is -2.34. The Hall–Kier alpha value is -1.60. The van der Waals surface area contributed by atoms with Crippen LogP contribution in [0.3, 0.4) is 0 Å². The number of carboxylic acids is 1. The van der Waals surface area contributed by atoms with Crippen LogP contribution in [-0.2, 0) is 9.53 Å². The average Bonchev–Trinajstić information content (AvgIpc) is 2.42. The van der Waals surface area contributed by atoms with E-state index in [9.17, 15) is 9.59 Å². The van der Waals surface area contributed by atoms with Crippen molar-refractivity contribution in [3.8, 4) is 0 Å². The van der Waals surface area contributed by atoms with E-state index < -0.39 is 12.1 Å². The van der Waals surface area contributed by atoms with Gasteiger partial charge in [0.1, 0.15) is 5.03 Å². The maximum Gasteiger partial charge on any atom is 0.306 e. The van der Waals surface area contributed by atoms with Gasteiger partial charge in [-0.1, -0.05) is 0 Å². The van der Waals surface area contributed by atoms with Crippen LogP contribution in [-0.4, -0.2) is 48.0 Å². The predicted molar refractivity (Wildman–Crippen MR) is 71.4 cm³/mol. The molecule has 0 saturated carbocycles. The topological polar surface area (TPSA) is 88.5 Å². The Kier molecular flexibility index (Phi) is 6.31. The van der Waals surface area contributed by atoms with Gasteiger partial charge in [0.2, 0.25) is 0 Å². The van der Waals surface area contributed by atoms with E-state index in [1.165, 1.54) is 18.9 Å². The number of carbonyl (C=O) groups is 2. The summed E-state index contributed by atoms with van der Waals surface area (Å²) < 4.78 is 4.99. The second kappa shape index (κ2) is 7.75. The number of rotatable bonds is 7. The van der Waals surface area contributed by atoms with Crippen LogP contribution in [0.1, 0.15) is 16.8 Å². The SMILES string of the molecule is COC(CNC(=O)c1cccnc1SC)CC(=O)O. The number of aliphatic carboxylic acids is 1. The van der Waals surface area contributed by atoms with E-state index >= 15 is 0 Å². The molecule has 1 aromatic rings. The lowest BCUT2D eigenvalue weighted by molar-refractivity contribution is -0.139. The van der Waals surface area contributed by atoms with Crippen LogP contribution in [0, 0.1) is 0 Å². The van der Waals surface area contributed by atoms with Crippen molar-refractivity contribution in [2.75, 3.05) is 19.9 Å². The first-order valence-corrected chi connectivity index (χ1v) is 6.82. The van der Waals surface area contributed by atoms with Crippen LogP contribution in [0.25, 0.3) is 0 Å². The summed E-state index contributed by atoms with van der Waals surface area (Å²) in [6.07, 6.45) is 2.75. The maximum atomic E-state index is 12.0. The molecule has 6 nitrogen and oxygen atoms in total. The molecule has 1 heterocycles. The molecule has 0 aliphatic rings. The molecule has 0 radical (unpaired) electrons. The molecule has 0 spiro atoms. The molecule has 1 atom stereocenters. The second-order valence-corrected chi connectivity index (χ2v) is 4.52. The summed E-state index contributed by atoms with van der Waals surface area (Å²) in [6, 6.07) is 3.35. The standard InChI is InChI=1S/C12H16N2O4S/c1-18-8(6-10(15)16)7-14-11(17)9-4-3-5-13-12(9)19-2/h3-5,8H,6-7H2,1-2H3,(H,14,17)(H,15,16). The van der Waals surface area contributed by atoms with Gasteiger partial charge in [-0.05, 0) is 18.4 Å². The Morgan fingerprint density at radius 2 is 2.32 bits per heavy atom. The first kappa shape index (κ1) is 15.5. The van der Waals surface area contributed by atoms with Gasteiger partial charge in [0.25, 0.3) is 5.91 Å². The fourth-order valence-electron chi connectivity index (χ4n) is 1.46. The molecule has 1 aromatic heterocycles. The van der Waals surface area contributed by atoms with E-state index in [1.54, 1.807) is 18.3 Å². The maximum absolute atomic E-state index is 12.0. The van der Waals surface area contributed by atoms with E-state index in [0.29, 0.717) is 10.6 Å². The predicted octanol–water partition coefficient (Wildman–Crippen LogP) is 1.02. The highest BCUT2D eigenvalue weighted by Gasteiger charge is 2.16. The molecule has 0 aliphatic carbocycles. The Morgan fingerprint density at radius 1 is 1.58 bits per heavy atom. The van der Waals surface area contributed by atoms with Gasteiger partial charge in [-0.3, -0.25) is 9.59 Å². The summed E-state index contributed by atoms with van der Waals surface area (Å²) in [4.78, 5) is 26.6. The van der Waals surface area contributed by atoms with Gasteiger partial charge in [0.05, 0.1) is 18.1 Å². The Balaban J connectivity index is 2.61. The Morgan fingerprint density at radius 3 is 2.89 bits per heavy atom. The highest BCUT2D eigenvalue weighted by molar-refractivity contribution is 7.98. The third-order valence-electron chi connectivity index (χ3n) is 2.44. The van der Waals surface area contributed by atoms with Crippen LogP contribution < -0.4 is 5.32 Å². The number of hydrogen-bond donors (Lipinski definition) is 2. The number of methoxy groups -OCH3 is 1. The minimum absolute atomic E-state index is 0.143. The number of nitrogens with zero attached hydrogens (tertiary/aromatic N) is 1. The van der Waals surface area contributed by atoms with Gasteiger partial charge in [0.15, 0.2) is 0 Å². The number of thioether (sulfide) groups is 1. The first-order valence-electron chi connectivity index (χ1n) is 5.60. The van der Waals surface area contributed by atoms with Crippen molar-refractivity contribution in [3.05, 3.63) is 23.9 Å². The van der Waals surface area contributed by atoms with Gasteiger partial charge in [0, 0.05) is 19.9 Å². The van der Waals surface area contributed by atoms with Crippen molar-refractivity contribution in [2.45, 2.75) is 17.6 Å². The third-order valence-corrected chi connectivity index (χ3v) is 3.15. The first-order chi connectivity index (χ1) is 9.08.